The van der Waals surface area contributed by atoms with E-state index in [0.29, 0.717) is 5.91 Å². The second-order valence-electron chi connectivity index (χ2n) is 6.12. The molecule has 2 aliphatic rings. The maximum atomic E-state index is 12.5. The molecule has 0 spiro atoms. The molecule has 3 rings (SSSR count). The molecule has 120 valence electrons. The van der Waals surface area contributed by atoms with Crippen molar-refractivity contribution < 1.29 is 9.53 Å². The zero-order chi connectivity index (χ0) is 15.4. The van der Waals surface area contributed by atoms with Crippen LogP contribution in [0.2, 0.25) is 5.02 Å². The van der Waals surface area contributed by atoms with Gasteiger partial charge in [-0.3, -0.25) is 9.69 Å². The van der Waals surface area contributed by atoms with Crippen LogP contribution < -0.4 is 0 Å². The average Bonchev–Trinajstić information content (AvgIpc) is 2.56. The summed E-state index contributed by atoms with van der Waals surface area (Å²) in [6, 6.07) is 8.00. The number of piperazine rings is 1. The Balaban J connectivity index is 1.48. The highest BCUT2D eigenvalue weighted by atomic mass is 35.5. The molecule has 4 nitrogen and oxygen atoms in total. The van der Waals surface area contributed by atoms with Gasteiger partial charge in [0.25, 0.3) is 0 Å². The van der Waals surface area contributed by atoms with Crippen LogP contribution in [0.5, 0.6) is 0 Å². The van der Waals surface area contributed by atoms with Crippen LogP contribution in [0.4, 0.5) is 0 Å². The summed E-state index contributed by atoms with van der Waals surface area (Å²) in [7, 11) is 0. The Bertz CT molecular complexity index is 509. The lowest BCUT2D eigenvalue weighted by Crippen LogP contribution is -2.50. The minimum atomic E-state index is 0.174. The lowest BCUT2D eigenvalue weighted by molar-refractivity contribution is -0.140. The third-order valence-corrected chi connectivity index (χ3v) is 4.78. The van der Waals surface area contributed by atoms with E-state index in [9.17, 15) is 4.79 Å². The fraction of sp³-hybridized carbons (Fsp3) is 0.588. The second kappa shape index (κ2) is 7.44. The summed E-state index contributed by atoms with van der Waals surface area (Å²) in [5.41, 5.74) is 1.23. The molecule has 0 aliphatic carbocycles. The van der Waals surface area contributed by atoms with Gasteiger partial charge < -0.3 is 9.64 Å². The van der Waals surface area contributed by atoms with Gasteiger partial charge in [0.2, 0.25) is 5.91 Å². The maximum absolute atomic E-state index is 12.5. The van der Waals surface area contributed by atoms with Crippen LogP contribution in [0.3, 0.4) is 0 Å². The van der Waals surface area contributed by atoms with Gasteiger partial charge in [-0.05, 0) is 30.5 Å². The summed E-state index contributed by atoms with van der Waals surface area (Å²) in [4.78, 5) is 16.9. The van der Waals surface area contributed by atoms with E-state index < -0.39 is 0 Å². The molecule has 1 amide bonds. The number of hydrogen-bond acceptors (Lipinski definition) is 3. The van der Waals surface area contributed by atoms with Gasteiger partial charge in [-0.25, -0.2) is 0 Å². The van der Waals surface area contributed by atoms with E-state index in [0.717, 1.165) is 63.8 Å². The third-order valence-electron chi connectivity index (χ3n) is 4.55. The molecule has 0 bridgehead atoms. The minimum Gasteiger partial charge on any atom is -0.381 e. The number of rotatable bonds is 3. The van der Waals surface area contributed by atoms with Crippen LogP contribution in [-0.4, -0.2) is 55.1 Å². The number of halogens is 1. The molecule has 0 saturated carbocycles. The molecular formula is C17H23ClN2O2. The number of benzene rings is 1. The maximum Gasteiger partial charge on any atom is 0.225 e. The number of hydrogen-bond donors (Lipinski definition) is 0. The molecule has 2 saturated heterocycles. The summed E-state index contributed by atoms with van der Waals surface area (Å²) >= 11 is 6.03. The van der Waals surface area contributed by atoms with Gasteiger partial charge in [0.15, 0.2) is 0 Å². The number of carbonyl (C=O) groups is 1. The largest absolute Gasteiger partial charge is 0.381 e. The number of carbonyl (C=O) groups excluding carboxylic acids is 1. The van der Waals surface area contributed by atoms with Crippen molar-refractivity contribution in [3.63, 3.8) is 0 Å². The monoisotopic (exact) mass is 322 g/mol. The first-order valence-electron chi connectivity index (χ1n) is 8.06. The highest BCUT2D eigenvalue weighted by Crippen LogP contribution is 2.19. The molecule has 0 aromatic heterocycles. The van der Waals surface area contributed by atoms with Crippen LogP contribution in [0.1, 0.15) is 18.4 Å². The topological polar surface area (TPSA) is 32.8 Å². The lowest BCUT2D eigenvalue weighted by atomic mass is 9.98. The predicted molar refractivity (Wildman–Crippen MR) is 86.9 cm³/mol. The molecule has 2 aliphatic heterocycles. The molecule has 5 heteroatoms. The highest BCUT2D eigenvalue weighted by Gasteiger charge is 2.28. The van der Waals surface area contributed by atoms with Crippen LogP contribution in [0, 0.1) is 5.92 Å². The first kappa shape index (κ1) is 15.8. The Labute approximate surface area is 137 Å². The van der Waals surface area contributed by atoms with E-state index in [2.05, 4.69) is 11.0 Å². The van der Waals surface area contributed by atoms with Crippen LogP contribution >= 0.6 is 11.6 Å². The minimum absolute atomic E-state index is 0.174. The molecule has 0 unspecified atom stereocenters. The molecule has 2 fully saturated rings. The van der Waals surface area contributed by atoms with Gasteiger partial charge in [-0.15, -0.1) is 0 Å². The number of ether oxygens (including phenoxy) is 1. The molecule has 0 radical (unpaired) electrons. The first-order chi connectivity index (χ1) is 10.7. The number of amides is 1. The van der Waals surface area contributed by atoms with Gasteiger partial charge in [0, 0.05) is 56.9 Å². The second-order valence-corrected chi connectivity index (χ2v) is 6.55. The van der Waals surface area contributed by atoms with Crippen molar-refractivity contribution >= 4 is 17.5 Å². The Morgan fingerprint density at radius 2 is 1.91 bits per heavy atom. The summed E-state index contributed by atoms with van der Waals surface area (Å²) in [6.07, 6.45) is 1.75. The molecular weight excluding hydrogens is 300 g/mol. The average molecular weight is 323 g/mol. The summed E-state index contributed by atoms with van der Waals surface area (Å²) in [5, 5.41) is 0.783. The van der Waals surface area contributed by atoms with Gasteiger partial charge in [0.05, 0.1) is 0 Å². The fourth-order valence-electron chi connectivity index (χ4n) is 3.22. The van der Waals surface area contributed by atoms with E-state index in [-0.39, 0.29) is 5.92 Å². The van der Waals surface area contributed by atoms with Crippen LogP contribution in [0.25, 0.3) is 0 Å². The molecule has 2 heterocycles. The Kier molecular flexibility index (Phi) is 5.34. The lowest BCUT2D eigenvalue weighted by Gasteiger charge is -2.37. The fourth-order valence-corrected chi connectivity index (χ4v) is 3.44. The summed E-state index contributed by atoms with van der Waals surface area (Å²) < 4.78 is 5.34. The Morgan fingerprint density at radius 3 is 2.59 bits per heavy atom. The normalized spacial score (nSPS) is 21.0. The zero-order valence-electron chi connectivity index (χ0n) is 12.8. The third kappa shape index (κ3) is 4.00. The van der Waals surface area contributed by atoms with Crippen molar-refractivity contribution in [3.05, 3.63) is 34.9 Å². The SMILES string of the molecule is O=C(C1CCOCC1)N1CCN(Cc2cccc(Cl)c2)CC1. The zero-order valence-corrected chi connectivity index (χ0v) is 13.6. The smallest absolute Gasteiger partial charge is 0.225 e. The quantitative estimate of drug-likeness (QED) is 0.856. The van der Waals surface area contributed by atoms with Crippen molar-refractivity contribution in [2.45, 2.75) is 19.4 Å². The molecule has 0 atom stereocenters. The van der Waals surface area contributed by atoms with Crippen LogP contribution in [0.15, 0.2) is 24.3 Å². The van der Waals surface area contributed by atoms with Gasteiger partial charge in [0.1, 0.15) is 0 Å². The van der Waals surface area contributed by atoms with Gasteiger partial charge in [-0.1, -0.05) is 23.7 Å². The summed E-state index contributed by atoms with van der Waals surface area (Å²) in [5.74, 6) is 0.499. The van der Waals surface area contributed by atoms with Crippen molar-refractivity contribution in [2.75, 3.05) is 39.4 Å². The van der Waals surface area contributed by atoms with Crippen molar-refractivity contribution in [1.82, 2.24) is 9.80 Å². The first-order valence-corrected chi connectivity index (χ1v) is 8.43. The predicted octanol–water partition coefficient (Wildman–Crippen LogP) is 2.41. The molecule has 1 aromatic carbocycles. The van der Waals surface area contributed by atoms with Crippen LogP contribution in [-0.2, 0) is 16.1 Å². The summed E-state index contributed by atoms with van der Waals surface area (Å²) in [6.45, 7) is 5.88. The Hall–Kier alpha value is -1.10. The van der Waals surface area contributed by atoms with E-state index in [1.165, 1.54) is 5.56 Å². The van der Waals surface area contributed by atoms with Gasteiger partial charge >= 0.3 is 0 Å². The van der Waals surface area contributed by atoms with E-state index >= 15 is 0 Å². The van der Waals surface area contributed by atoms with E-state index in [1.54, 1.807) is 0 Å². The Morgan fingerprint density at radius 1 is 1.18 bits per heavy atom. The van der Waals surface area contributed by atoms with Crippen molar-refractivity contribution in [1.29, 1.82) is 0 Å². The van der Waals surface area contributed by atoms with Gasteiger partial charge in [-0.2, -0.15) is 0 Å². The standard InChI is InChI=1S/C17H23ClN2O2/c18-16-3-1-2-14(12-16)13-19-6-8-20(9-7-19)17(21)15-4-10-22-11-5-15/h1-3,12,15H,4-11,13H2. The van der Waals surface area contributed by atoms with E-state index in [1.807, 2.05) is 23.1 Å². The molecule has 1 aromatic rings. The molecule has 0 N–H and O–H groups in total. The van der Waals surface area contributed by atoms with Crippen molar-refractivity contribution in [3.8, 4) is 0 Å². The van der Waals surface area contributed by atoms with E-state index in [4.69, 9.17) is 16.3 Å². The number of nitrogens with zero attached hydrogens (tertiary/aromatic N) is 2. The van der Waals surface area contributed by atoms with Crippen molar-refractivity contribution in [2.24, 2.45) is 5.92 Å². The highest BCUT2D eigenvalue weighted by molar-refractivity contribution is 6.30. The molecule has 22 heavy (non-hydrogen) atoms.